The second kappa shape index (κ2) is 9.38. The van der Waals surface area contributed by atoms with Crippen molar-refractivity contribution in [3.8, 4) is 5.69 Å². The summed E-state index contributed by atoms with van der Waals surface area (Å²) in [5, 5.41) is 4.10. The van der Waals surface area contributed by atoms with Crippen molar-refractivity contribution in [1.82, 2.24) is 29.0 Å². The Kier molecular flexibility index (Phi) is 6.00. The van der Waals surface area contributed by atoms with Crippen molar-refractivity contribution in [2.24, 2.45) is 0 Å². The zero-order valence-electron chi connectivity index (χ0n) is 21.2. The fourth-order valence-corrected chi connectivity index (χ4v) is 5.46. The topological polar surface area (TPSA) is 83.6 Å². The van der Waals surface area contributed by atoms with E-state index >= 15 is 0 Å². The van der Waals surface area contributed by atoms with Crippen LogP contribution in [0.3, 0.4) is 0 Å². The third-order valence-corrected chi connectivity index (χ3v) is 7.28. The van der Waals surface area contributed by atoms with Crippen molar-refractivity contribution in [2.75, 3.05) is 43.4 Å². The SMILES string of the molecule is Cc1cc(Nc2ncc3c(=O)n(-c4c(C)cccc4F)n4ccnc4c3n2)cc(Cl)c1N1CCN(C)CC1. The van der Waals surface area contributed by atoms with Gasteiger partial charge in [0.1, 0.15) is 17.0 Å². The zero-order chi connectivity index (χ0) is 26.6. The molecule has 11 heteroatoms. The summed E-state index contributed by atoms with van der Waals surface area (Å²) in [6, 6.07) is 8.56. The predicted octanol–water partition coefficient (Wildman–Crippen LogP) is 4.33. The molecular weight excluding hydrogens is 507 g/mol. The maximum absolute atomic E-state index is 14.8. The molecule has 9 nitrogen and oxygen atoms in total. The van der Waals surface area contributed by atoms with E-state index in [1.54, 1.807) is 31.5 Å². The van der Waals surface area contributed by atoms with Crippen molar-refractivity contribution < 1.29 is 4.39 Å². The summed E-state index contributed by atoms with van der Waals surface area (Å²) in [5.41, 5.74) is 3.92. The standard InChI is InChI=1S/C27H26ClFN8O/c1-16-5-4-6-21(29)24(16)37-26(38)19-15-31-27(33-22(19)25-30-7-8-36(25)37)32-18-13-17(2)23(20(28)14-18)35-11-9-34(3)10-12-35/h4-8,13-15H,9-12H2,1-3H3,(H,31,32,33). The number of para-hydroxylation sites is 1. The lowest BCUT2D eigenvalue weighted by Gasteiger charge is -2.35. The highest BCUT2D eigenvalue weighted by Crippen LogP contribution is 2.34. The molecule has 0 bridgehead atoms. The quantitative estimate of drug-likeness (QED) is 0.369. The fourth-order valence-electron chi connectivity index (χ4n) is 5.08. The number of likely N-dealkylation sites (N-methyl/N-ethyl adjacent to an activating group) is 1. The third kappa shape index (κ3) is 4.06. The van der Waals surface area contributed by atoms with E-state index in [1.807, 2.05) is 19.1 Å². The molecule has 5 aromatic rings. The van der Waals surface area contributed by atoms with Crippen LogP contribution < -0.4 is 15.8 Å². The monoisotopic (exact) mass is 532 g/mol. The molecule has 38 heavy (non-hydrogen) atoms. The molecule has 0 amide bonds. The van der Waals surface area contributed by atoms with Gasteiger partial charge in [-0.15, -0.1) is 0 Å². The highest BCUT2D eigenvalue weighted by Gasteiger charge is 2.21. The van der Waals surface area contributed by atoms with Crippen LogP contribution in [0.4, 0.5) is 21.7 Å². The van der Waals surface area contributed by atoms with E-state index in [1.165, 1.54) is 21.5 Å². The largest absolute Gasteiger partial charge is 0.368 e. The predicted molar refractivity (Wildman–Crippen MR) is 148 cm³/mol. The van der Waals surface area contributed by atoms with E-state index in [9.17, 15) is 9.18 Å². The summed E-state index contributed by atoms with van der Waals surface area (Å²) in [4.78, 5) is 31.6. The van der Waals surface area contributed by atoms with Crippen LogP contribution in [0.2, 0.25) is 5.02 Å². The summed E-state index contributed by atoms with van der Waals surface area (Å²) in [6.45, 7) is 7.60. The Morgan fingerprint density at radius 3 is 2.55 bits per heavy atom. The number of fused-ring (bicyclic) bond motifs is 3. The number of benzene rings is 2. The molecule has 0 atom stereocenters. The number of halogens is 2. The van der Waals surface area contributed by atoms with Crippen LogP contribution >= 0.6 is 11.6 Å². The number of hydrogen-bond donors (Lipinski definition) is 1. The fraction of sp³-hybridized carbons (Fsp3) is 0.259. The van der Waals surface area contributed by atoms with Crippen molar-refractivity contribution in [1.29, 1.82) is 0 Å². The van der Waals surface area contributed by atoms with Crippen LogP contribution in [0.25, 0.3) is 22.2 Å². The Morgan fingerprint density at radius 1 is 1.03 bits per heavy atom. The molecule has 194 valence electrons. The maximum atomic E-state index is 14.8. The Bertz CT molecular complexity index is 1710. The lowest BCUT2D eigenvalue weighted by Crippen LogP contribution is -2.44. The minimum absolute atomic E-state index is 0.162. The second-order valence-corrected chi connectivity index (χ2v) is 10.0. The van der Waals surface area contributed by atoms with E-state index in [2.05, 4.69) is 37.1 Å². The van der Waals surface area contributed by atoms with Crippen molar-refractivity contribution >= 4 is 45.5 Å². The number of hydrogen-bond acceptors (Lipinski definition) is 7. The van der Waals surface area contributed by atoms with Gasteiger partial charge >= 0.3 is 0 Å². The minimum Gasteiger partial charge on any atom is -0.368 e. The first-order valence-corrected chi connectivity index (χ1v) is 12.7. The van der Waals surface area contributed by atoms with Gasteiger partial charge in [0.25, 0.3) is 5.56 Å². The number of piperazine rings is 1. The summed E-state index contributed by atoms with van der Waals surface area (Å²) in [5.74, 6) is -0.211. The van der Waals surface area contributed by atoms with Gasteiger partial charge in [0.05, 0.1) is 16.1 Å². The lowest BCUT2D eigenvalue weighted by atomic mass is 10.1. The summed E-state index contributed by atoms with van der Waals surface area (Å²) < 4.78 is 17.6. The number of imidazole rings is 1. The smallest absolute Gasteiger partial charge is 0.281 e. The molecule has 0 saturated carbocycles. The molecule has 0 aliphatic carbocycles. The molecule has 0 radical (unpaired) electrons. The number of aromatic nitrogens is 5. The summed E-state index contributed by atoms with van der Waals surface area (Å²) in [6.07, 6.45) is 4.61. The molecule has 6 rings (SSSR count). The molecule has 3 aromatic heterocycles. The Balaban J connectivity index is 1.40. The van der Waals surface area contributed by atoms with Gasteiger partial charge in [-0.25, -0.2) is 28.5 Å². The highest BCUT2D eigenvalue weighted by molar-refractivity contribution is 6.33. The molecule has 1 saturated heterocycles. The van der Waals surface area contributed by atoms with Gasteiger partial charge in [0, 0.05) is 50.5 Å². The van der Waals surface area contributed by atoms with Gasteiger partial charge in [-0.3, -0.25) is 4.79 Å². The Labute approximate surface area is 223 Å². The van der Waals surface area contributed by atoms with Gasteiger partial charge in [0.15, 0.2) is 5.65 Å². The number of nitrogens with one attached hydrogen (secondary N) is 1. The van der Waals surface area contributed by atoms with Crippen LogP contribution in [0.1, 0.15) is 11.1 Å². The first-order chi connectivity index (χ1) is 18.3. The van der Waals surface area contributed by atoms with Gasteiger partial charge in [-0.2, -0.15) is 0 Å². The third-order valence-electron chi connectivity index (χ3n) is 6.99. The summed E-state index contributed by atoms with van der Waals surface area (Å²) in [7, 11) is 2.12. The van der Waals surface area contributed by atoms with Crippen LogP contribution in [0.5, 0.6) is 0 Å². The minimum atomic E-state index is -0.507. The number of aryl methyl sites for hydroxylation is 2. The Morgan fingerprint density at radius 2 is 1.82 bits per heavy atom. The van der Waals surface area contributed by atoms with Crippen molar-refractivity contribution in [2.45, 2.75) is 13.8 Å². The van der Waals surface area contributed by atoms with Gasteiger partial charge in [-0.1, -0.05) is 23.7 Å². The Hall–Kier alpha value is -4.02. The number of rotatable bonds is 4. The van der Waals surface area contributed by atoms with Crippen molar-refractivity contribution in [3.63, 3.8) is 0 Å². The van der Waals surface area contributed by atoms with Crippen LogP contribution in [-0.4, -0.2) is 62.3 Å². The van der Waals surface area contributed by atoms with E-state index < -0.39 is 11.4 Å². The molecule has 4 heterocycles. The van der Waals surface area contributed by atoms with Crippen molar-refractivity contribution in [3.05, 3.63) is 81.2 Å². The normalized spacial score (nSPS) is 14.5. The van der Waals surface area contributed by atoms with E-state index in [0.29, 0.717) is 27.7 Å². The molecule has 1 aliphatic heterocycles. The lowest BCUT2D eigenvalue weighted by molar-refractivity contribution is 0.312. The maximum Gasteiger partial charge on any atom is 0.281 e. The first-order valence-electron chi connectivity index (χ1n) is 12.3. The van der Waals surface area contributed by atoms with Gasteiger partial charge in [0.2, 0.25) is 5.95 Å². The van der Waals surface area contributed by atoms with E-state index in [-0.39, 0.29) is 11.1 Å². The van der Waals surface area contributed by atoms with Crippen LogP contribution in [0, 0.1) is 19.7 Å². The highest BCUT2D eigenvalue weighted by atomic mass is 35.5. The molecule has 0 spiro atoms. The molecule has 1 aliphatic rings. The van der Waals surface area contributed by atoms with Crippen LogP contribution in [0.15, 0.2) is 53.7 Å². The van der Waals surface area contributed by atoms with Crippen LogP contribution in [-0.2, 0) is 0 Å². The average molecular weight is 533 g/mol. The molecule has 1 N–H and O–H groups in total. The van der Waals surface area contributed by atoms with Gasteiger partial charge < -0.3 is 15.1 Å². The van der Waals surface area contributed by atoms with E-state index in [0.717, 1.165) is 43.1 Å². The number of nitrogens with zero attached hydrogens (tertiary/aromatic N) is 7. The number of anilines is 3. The molecule has 0 unspecified atom stereocenters. The van der Waals surface area contributed by atoms with Gasteiger partial charge in [-0.05, 0) is 50.2 Å². The summed E-state index contributed by atoms with van der Waals surface area (Å²) >= 11 is 6.73. The molecular formula is C27H26ClFN8O. The second-order valence-electron chi connectivity index (χ2n) is 9.61. The van der Waals surface area contributed by atoms with E-state index in [4.69, 9.17) is 11.6 Å². The first kappa shape index (κ1) is 24.3. The molecule has 1 fully saturated rings. The molecule has 2 aromatic carbocycles. The zero-order valence-corrected chi connectivity index (χ0v) is 22.0. The average Bonchev–Trinajstić information content (AvgIpc) is 3.36.